The van der Waals surface area contributed by atoms with Gasteiger partial charge in [-0.3, -0.25) is 9.59 Å². The number of nitrogens with one attached hydrogen (secondary N) is 2. The summed E-state index contributed by atoms with van der Waals surface area (Å²) in [6.07, 6.45) is -1.92. The van der Waals surface area contributed by atoms with Crippen molar-refractivity contribution in [1.29, 1.82) is 0 Å². The molecule has 0 aliphatic heterocycles. The molecule has 3 aromatic rings. The van der Waals surface area contributed by atoms with Crippen LogP contribution >= 0.6 is 22.7 Å². The second-order valence-corrected chi connectivity index (χ2v) is 13.9. The number of carboxylic acids is 1. The summed E-state index contributed by atoms with van der Waals surface area (Å²) >= 11 is 2.51. The lowest BCUT2D eigenvalue weighted by molar-refractivity contribution is -0.123. The van der Waals surface area contributed by atoms with Crippen LogP contribution in [0.3, 0.4) is 0 Å². The molecule has 0 unspecified atom stereocenters. The molecular formula is C33H46N4O9S2. The fourth-order valence-electron chi connectivity index (χ4n) is 5.34. The number of thiophene rings is 1. The average Bonchev–Trinajstić information content (AvgIpc) is 3.76. The number of hydrogen-bond acceptors (Lipinski definition) is 12. The number of carboxylic acid groups (broad SMARTS) is 1. The van der Waals surface area contributed by atoms with Crippen molar-refractivity contribution >= 4 is 51.8 Å². The first-order valence-corrected chi connectivity index (χ1v) is 17.5. The van der Waals surface area contributed by atoms with Gasteiger partial charge in [0.15, 0.2) is 0 Å². The van der Waals surface area contributed by atoms with E-state index in [4.69, 9.17) is 20.4 Å². The monoisotopic (exact) mass is 706 g/mol. The Hall–Kier alpha value is -3.28. The molecular weight excluding hydrogens is 661 g/mol. The Bertz CT molecular complexity index is 1460. The number of benzene rings is 1. The molecule has 0 spiro atoms. The Labute approximate surface area is 287 Å². The van der Waals surface area contributed by atoms with Gasteiger partial charge >= 0.3 is 5.97 Å². The van der Waals surface area contributed by atoms with E-state index in [1.165, 1.54) is 11.3 Å². The van der Waals surface area contributed by atoms with E-state index < -0.39 is 37.0 Å². The molecule has 48 heavy (non-hydrogen) atoms. The van der Waals surface area contributed by atoms with Gasteiger partial charge in [-0.25, -0.2) is 9.78 Å². The van der Waals surface area contributed by atoms with Gasteiger partial charge in [0, 0.05) is 34.4 Å². The van der Waals surface area contributed by atoms with Crippen molar-refractivity contribution in [3.63, 3.8) is 0 Å². The predicted octanol–water partition coefficient (Wildman–Crippen LogP) is 3.03. The first-order chi connectivity index (χ1) is 22.8. The molecule has 264 valence electrons. The highest BCUT2D eigenvalue weighted by Gasteiger charge is 2.33. The van der Waals surface area contributed by atoms with Gasteiger partial charge in [0.1, 0.15) is 28.9 Å². The maximum atomic E-state index is 13.5. The third kappa shape index (κ3) is 10.4. The van der Waals surface area contributed by atoms with E-state index in [-0.39, 0.29) is 35.2 Å². The Morgan fingerprint density at radius 3 is 2.15 bits per heavy atom. The van der Waals surface area contributed by atoms with Crippen LogP contribution in [0.1, 0.15) is 66.6 Å². The number of carbonyl (C=O) groups excluding carboxylic acids is 2. The zero-order chi connectivity index (χ0) is 35.5. The van der Waals surface area contributed by atoms with E-state index in [0.717, 1.165) is 47.5 Å². The number of amides is 2. The highest BCUT2D eigenvalue weighted by atomic mass is 32.1. The molecule has 4 atom stereocenters. The van der Waals surface area contributed by atoms with E-state index in [2.05, 4.69) is 22.5 Å². The molecule has 4 rings (SSSR count). The third-order valence-electron chi connectivity index (χ3n) is 8.12. The number of anilines is 2. The van der Waals surface area contributed by atoms with Crippen LogP contribution in [0, 0.1) is 11.8 Å². The largest absolute Gasteiger partial charge is 0.477 e. The number of aromatic nitrogens is 1. The smallest absolute Gasteiger partial charge is 0.348 e. The minimum Gasteiger partial charge on any atom is -0.477 e. The molecule has 0 radical (unpaired) electrons. The predicted molar refractivity (Wildman–Crippen MR) is 186 cm³/mol. The Kier molecular flexibility index (Phi) is 15.1. The summed E-state index contributed by atoms with van der Waals surface area (Å²) in [4.78, 5) is 44.5. The number of hydrogen-bond donors (Lipinski definition) is 8. The minimum atomic E-state index is -1.55. The summed E-state index contributed by atoms with van der Waals surface area (Å²) in [7, 11) is 1.57. The van der Waals surface area contributed by atoms with Crippen molar-refractivity contribution in [3.8, 4) is 10.4 Å². The van der Waals surface area contributed by atoms with Gasteiger partial charge in [-0.15, -0.1) is 22.7 Å². The van der Waals surface area contributed by atoms with Crippen molar-refractivity contribution in [3.05, 3.63) is 51.8 Å². The van der Waals surface area contributed by atoms with Crippen molar-refractivity contribution in [2.24, 2.45) is 11.8 Å². The lowest BCUT2D eigenvalue weighted by atomic mass is 9.82. The number of aliphatic hydroxyl groups excluding tert-OH is 5. The maximum absolute atomic E-state index is 13.5. The van der Waals surface area contributed by atoms with Crippen LogP contribution in [0.15, 0.2) is 41.2 Å². The summed E-state index contributed by atoms with van der Waals surface area (Å²) in [5, 5.41) is 61.9. The molecule has 15 heteroatoms. The maximum Gasteiger partial charge on any atom is 0.348 e. The molecule has 1 saturated carbocycles. The number of aromatic carboxylic acids is 1. The number of aliphatic hydroxyl groups is 5. The average molecular weight is 707 g/mol. The zero-order valence-electron chi connectivity index (χ0n) is 27.4. The molecule has 1 aliphatic rings. The standard InChI is InChI=1S/C26H29N3O4S2.C7H17NO5/c1-15(2)29(25(31)18-6-4-16(3)5-7-18)21-12-22(35-23(21)26(32)33)17-8-10-19(11-9-17)28-24(30)20-13-34-14-27-20;1-8-2-4(10)6(12)7(13)5(11)3-9/h8-16,18H,4-7H2,1-3H3,(H,28,30)(H,32,33);4-13H,2-3H2,1H3/t16-,18-;4-,5+,6+,7+/m.0/s1. The van der Waals surface area contributed by atoms with E-state index in [1.807, 2.05) is 26.0 Å². The number of nitrogens with zero attached hydrogens (tertiary/aromatic N) is 2. The van der Waals surface area contributed by atoms with Crippen molar-refractivity contribution in [2.45, 2.75) is 76.9 Å². The molecule has 0 bridgehead atoms. The Morgan fingerprint density at radius 1 is 1.00 bits per heavy atom. The van der Waals surface area contributed by atoms with Crippen molar-refractivity contribution < 1.29 is 45.0 Å². The first-order valence-electron chi connectivity index (χ1n) is 15.8. The molecule has 13 nitrogen and oxygen atoms in total. The molecule has 1 fully saturated rings. The summed E-state index contributed by atoms with van der Waals surface area (Å²) in [6, 6.07) is 8.86. The van der Waals surface area contributed by atoms with Crippen LogP contribution in [0.25, 0.3) is 10.4 Å². The highest BCUT2D eigenvalue weighted by molar-refractivity contribution is 7.18. The van der Waals surface area contributed by atoms with Gasteiger partial charge < -0.3 is 46.2 Å². The number of likely N-dealkylation sites (N-methyl/N-ethyl adjacent to an activating group) is 1. The summed E-state index contributed by atoms with van der Waals surface area (Å²) in [5.41, 5.74) is 3.85. The van der Waals surface area contributed by atoms with Crippen LogP contribution in [-0.4, -0.2) is 104 Å². The van der Waals surface area contributed by atoms with E-state index in [0.29, 0.717) is 23.0 Å². The van der Waals surface area contributed by atoms with Gasteiger partial charge in [-0.05, 0) is 76.3 Å². The van der Waals surface area contributed by atoms with Crippen LogP contribution in [0.2, 0.25) is 0 Å². The molecule has 1 aromatic carbocycles. The van der Waals surface area contributed by atoms with Crippen LogP contribution in [-0.2, 0) is 4.79 Å². The minimum absolute atomic E-state index is 0.0128. The van der Waals surface area contributed by atoms with E-state index in [1.54, 1.807) is 41.0 Å². The second-order valence-electron chi connectivity index (χ2n) is 12.2. The normalized spacial score (nSPS) is 18.6. The van der Waals surface area contributed by atoms with E-state index in [9.17, 15) is 24.6 Å². The van der Waals surface area contributed by atoms with Crippen LogP contribution in [0.4, 0.5) is 11.4 Å². The third-order valence-corrected chi connectivity index (χ3v) is 9.86. The van der Waals surface area contributed by atoms with Gasteiger partial charge in [0.05, 0.1) is 23.9 Å². The molecule has 2 heterocycles. The van der Waals surface area contributed by atoms with Gasteiger partial charge in [0.2, 0.25) is 5.91 Å². The van der Waals surface area contributed by atoms with Crippen LogP contribution < -0.4 is 15.5 Å². The van der Waals surface area contributed by atoms with Gasteiger partial charge in [-0.1, -0.05) is 19.1 Å². The first kappa shape index (κ1) is 39.2. The SMILES string of the molecule is CC(C)N(c1cc(-c2ccc(NC(=O)c3cscn3)cc2)sc1C(=O)O)C(=O)[C@H]1CC[C@H](C)CC1.CNC[C@H](O)[C@@H](O)[C@H](O)[C@H](O)CO. The van der Waals surface area contributed by atoms with Gasteiger partial charge in [0.25, 0.3) is 5.91 Å². The Morgan fingerprint density at radius 2 is 1.62 bits per heavy atom. The second kappa shape index (κ2) is 18.5. The zero-order valence-corrected chi connectivity index (χ0v) is 29.1. The Balaban J connectivity index is 0.000000408. The fourth-order valence-corrected chi connectivity index (χ4v) is 6.87. The number of carbonyl (C=O) groups is 3. The van der Waals surface area contributed by atoms with Crippen molar-refractivity contribution in [2.75, 3.05) is 30.4 Å². The summed E-state index contributed by atoms with van der Waals surface area (Å²) in [5.74, 6) is -0.755. The lowest BCUT2D eigenvalue weighted by Crippen LogP contribution is -2.48. The van der Waals surface area contributed by atoms with Gasteiger partial charge in [-0.2, -0.15) is 0 Å². The summed E-state index contributed by atoms with van der Waals surface area (Å²) < 4.78 is 0. The summed E-state index contributed by atoms with van der Waals surface area (Å²) in [6.45, 7) is 5.49. The topological polar surface area (TPSA) is 213 Å². The lowest BCUT2D eigenvalue weighted by Gasteiger charge is -2.33. The quantitative estimate of drug-likeness (QED) is 0.129. The number of rotatable bonds is 13. The molecule has 2 amide bonds. The van der Waals surface area contributed by atoms with E-state index >= 15 is 0 Å². The fraction of sp³-hybridized carbons (Fsp3) is 0.515. The molecule has 2 aromatic heterocycles. The van der Waals surface area contributed by atoms with Crippen molar-refractivity contribution in [1.82, 2.24) is 10.3 Å². The highest BCUT2D eigenvalue weighted by Crippen LogP contribution is 2.40. The molecule has 1 aliphatic carbocycles. The van der Waals surface area contributed by atoms with Crippen LogP contribution in [0.5, 0.6) is 0 Å². The molecule has 0 saturated heterocycles. The molecule has 8 N–H and O–H groups in total. The number of thiazole rings is 1.